The van der Waals surface area contributed by atoms with Gasteiger partial charge in [-0.05, 0) is 27.9 Å². The minimum atomic E-state index is -1.17. The average molecular weight is 489 g/mol. The molecule has 0 fully saturated rings. The number of hydrogen-bond donors (Lipinski definition) is 3. The molecule has 1 aromatic carbocycles. The van der Waals surface area contributed by atoms with Gasteiger partial charge in [-0.2, -0.15) is 0 Å². The van der Waals surface area contributed by atoms with Gasteiger partial charge in [-0.3, -0.25) is 0 Å². The fraction of sp³-hybridized carbons (Fsp3) is 0.200. The van der Waals surface area contributed by atoms with Crippen molar-refractivity contribution in [1.29, 1.82) is 0 Å². The van der Waals surface area contributed by atoms with Crippen LogP contribution in [0.2, 0.25) is 0 Å². The van der Waals surface area contributed by atoms with Crippen molar-refractivity contribution in [1.82, 2.24) is 19.9 Å². The molecular formula is C20H21BrN6O4. The van der Waals surface area contributed by atoms with Gasteiger partial charge in [0, 0.05) is 5.56 Å². The molecule has 0 saturated carbocycles. The van der Waals surface area contributed by atoms with E-state index in [4.69, 9.17) is 16.6 Å². The third-order valence-electron chi connectivity index (χ3n) is 3.94. The molecular weight excluding hydrogens is 468 g/mol. The zero-order valence-corrected chi connectivity index (χ0v) is 18.5. The summed E-state index contributed by atoms with van der Waals surface area (Å²) in [6.45, 7) is 2.12. The fourth-order valence-electron chi connectivity index (χ4n) is 2.45. The number of carboxylic acids is 1. The van der Waals surface area contributed by atoms with Gasteiger partial charge in [-0.1, -0.05) is 37.6 Å². The number of nitrogens with zero attached hydrogens (tertiary/aromatic N) is 4. The molecule has 0 saturated heterocycles. The van der Waals surface area contributed by atoms with Gasteiger partial charge in [0.2, 0.25) is 0 Å². The zero-order valence-electron chi connectivity index (χ0n) is 16.9. The number of halogens is 1. The minimum Gasteiger partial charge on any atom is -0.476 e. The van der Waals surface area contributed by atoms with Crippen LogP contribution in [0.5, 0.6) is 0 Å². The van der Waals surface area contributed by atoms with Crippen molar-refractivity contribution >= 4 is 39.5 Å². The second-order valence-electron chi connectivity index (χ2n) is 6.16. The average Bonchev–Trinajstić information content (AvgIpc) is 2.76. The van der Waals surface area contributed by atoms with E-state index < -0.39 is 11.9 Å². The number of aryl methyl sites for hydroxylation is 1. The molecule has 5 N–H and O–H groups in total. The number of carboxylic acid groups (broad SMARTS) is 1. The Kier molecular flexibility index (Phi) is 8.38. The maximum absolute atomic E-state index is 11.0. The van der Waals surface area contributed by atoms with Crippen LogP contribution >= 0.6 is 15.9 Å². The highest BCUT2D eigenvalue weighted by molar-refractivity contribution is 9.10. The summed E-state index contributed by atoms with van der Waals surface area (Å²) in [5.74, 6) is -1.78. The Balaban J connectivity index is 0.000000245. The number of aromatic carboxylic acids is 1. The Morgan fingerprint density at radius 3 is 2.23 bits per heavy atom. The smallest absolute Gasteiger partial charge is 0.360 e. The normalized spacial score (nSPS) is 10.0. The monoisotopic (exact) mass is 488 g/mol. The van der Waals surface area contributed by atoms with Crippen molar-refractivity contribution in [2.24, 2.45) is 0 Å². The number of methoxy groups -OCH3 is 1. The topological polar surface area (TPSA) is 167 Å². The summed E-state index contributed by atoms with van der Waals surface area (Å²) < 4.78 is 4.87. The van der Waals surface area contributed by atoms with Crippen molar-refractivity contribution < 1.29 is 19.4 Å². The van der Waals surface area contributed by atoms with Gasteiger partial charge in [0.05, 0.1) is 25.2 Å². The summed E-state index contributed by atoms with van der Waals surface area (Å²) >= 11 is 3.06. The van der Waals surface area contributed by atoms with Crippen LogP contribution < -0.4 is 11.5 Å². The van der Waals surface area contributed by atoms with Gasteiger partial charge >= 0.3 is 11.9 Å². The van der Waals surface area contributed by atoms with Crippen molar-refractivity contribution in [2.45, 2.75) is 19.8 Å². The Labute approximate surface area is 186 Å². The molecule has 0 unspecified atom stereocenters. The molecule has 2 aromatic heterocycles. The molecule has 0 bridgehead atoms. The molecule has 0 atom stereocenters. The van der Waals surface area contributed by atoms with E-state index in [-0.39, 0.29) is 23.0 Å². The van der Waals surface area contributed by atoms with Crippen LogP contribution in [0.1, 0.15) is 39.9 Å². The number of rotatable bonds is 5. The molecule has 0 aliphatic heterocycles. The van der Waals surface area contributed by atoms with E-state index in [1.807, 2.05) is 24.3 Å². The number of hydrogen-bond acceptors (Lipinski definition) is 9. The number of nitrogens with two attached hydrogens (primary N) is 2. The van der Waals surface area contributed by atoms with E-state index in [0.717, 1.165) is 18.4 Å². The highest BCUT2D eigenvalue weighted by Gasteiger charge is 2.13. The first-order valence-corrected chi connectivity index (χ1v) is 9.87. The molecule has 11 heteroatoms. The molecule has 162 valence electrons. The quantitative estimate of drug-likeness (QED) is 0.453. The van der Waals surface area contributed by atoms with E-state index in [1.54, 1.807) is 0 Å². The number of benzene rings is 1. The standard InChI is InChI=1S/C14H15N3O2.C6H6BrN3O2/c1-2-3-9-4-6-10(7-5-9)11-8-16-13(15)12(17-11)14(18)19;1-12-6(11)4-5(8)9-2-3(7)10-4/h4-8H,2-3H2,1H3,(H2,15,16)(H,18,19);2H,1H3,(H2,8,9). The molecule has 0 spiro atoms. The van der Waals surface area contributed by atoms with E-state index >= 15 is 0 Å². The molecule has 0 radical (unpaired) electrons. The first-order valence-electron chi connectivity index (χ1n) is 9.08. The van der Waals surface area contributed by atoms with E-state index in [2.05, 4.69) is 47.5 Å². The number of ether oxygens (including phenoxy) is 1. The highest BCUT2D eigenvalue weighted by Crippen LogP contribution is 2.19. The minimum absolute atomic E-state index is 0.0203. The largest absolute Gasteiger partial charge is 0.476 e. The van der Waals surface area contributed by atoms with Crippen LogP contribution in [-0.2, 0) is 11.2 Å². The van der Waals surface area contributed by atoms with Gasteiger partial charge < -0.3 is 21.3 Å². The molecule has 3 rings (SSSR count). The number of carbonyl (C=O) groups excluding carboxylic acids is 1. The van der Waals surface area contributed by atoms with Crippen molar-refractivity contribution in [3.63, 3.8) is 0 Å². The first-order chi connectivity index (χ1) is 14.8. The molecule has 2 heterocycles. The molecule has 0 amide bonds. The number of carbonyl (C=O) groups is 2. The third kappa shape index (κ3) is 6.44. The van der Waals surface area contributed by atoms with Crippen molar-refractivity contribution in [3.05, 3.63) is 58.2 Å². The number of anilines is 2. The van der Waals surface area contributed by atoms with Crippen LogP contribution in [0.15, 0.2) is 41.3 Å². The van der Waals surface area contributed by atoms with Crippen LogP contribution in [0.3, 0.4) is 0 Å². The molecule has 0 aliphatic rings. The lowest BCUT2D eigenvalue weighted by molar-refractivity contribution is 0.0593. The summed E-state index contributed by atoms with van der Waals surface area (Å²) in [6, 6.07) is 7.85. The molecule has 0 aliphatic carbocycles. The lowest BCUT2D eigenvalue weighted by Gasteiger charge is -2.05. The van der Waals surface area contributed by atoms with E-state index in [0.29, 0.717) is 10.3 Å². The number of nitrogen functional groups attached to an aromatic ring is 2. The maximum Gasteiger partial charge on any atom is 0.360 e. The van der Waals surface area contributed by atoms with Gasteiger partial charge in [0.1, 0.15) is 4.60 Å². The van der Waals surface area contributed by atoms with Gasteiger partial charge in [-0.25, -0.2) is 29.5 Å². The molecule has 31 heavy (non-hydrogen) atoms. The second kappa shape index (κ2) is 11.0. The predicted octanol–water partition coefficient (Wildman–Crippen LogP) is 2.98. The maximum atomic E-state index is 11.0. The van der Waals surface area contributed by atoms with Crippen LogP contribution in [0.25, 0.3) is 11.3 Å². The summed E-state index contributed by atoms with van der Waals surface area (Å²) in [6.07, 6.45) is 5.00. The molecule has 10 nitrogen and oxygen atoms in total. The van der Waals surface area contributed by atoms with Gasteiger partial charge in [0.15, 0.2) is 23.0 Å². The van der Waals surface area contributed by atoms with Crippen LogP contribution in [0, 0.1) is 0 Å². The summed E-state index contributed by atoms with van der Waals surface area (Å²) in [7, 11) is 1.25. The fourth-order valence-corrected chi connectivity index (χ4v) is 2.73. The Hall–Kier alpha value is -3.60. The Bertz CT molecular complexity index is 1080. The van der Waals surface area contributed by atoms with Crippen LogP contribution in [-0.4, -0.2) is 44.1 Å². The van der Waals surface area contributed by atoms with Crippen LogP contribution in [0.4, 0.5) is 11.6 Å². The third-order valence-corrected chi connectivity index (χ3v) is 4.32. The first kappa shape index (κ1) is 23.7. The van der Waals surface area contributed by atoms with Gasteiger partial charge in [0.25, 0.3) is 0 Å². The molecule has 3 aromatic rings. The summed E-state index contributed by atoms with van der Waals surface area (Å²) in [4.78, 5) is 37.3. The van der Waals surface area contributed by atoms with E-state index in [1.165, 1.54) is 25.1 Å². The second-order valence-corrected chi connectivity index (χ2v) is 6.97. The zero-order chi connectivity index (χ0) is 23.0. The van der Waals surface area contributed by atoms with Gasteiger partial charge in [-0.15, -0.1) is 0 Å². The summed E-state index contributed by atoms with van der Waals surface area (Å²) in [5.41, 5.74) is 13.2. The van der Waals surface area contributed by atoms with E-state index in [9.17, 15) is 9.59 Å². The van der Waals surface area contributed by atoms with Crippen molar-refractivity contribution in [2.75, 3.05) is 18.6 Å². The SMILES string of the molecule is CCCc1ccc(-c2cnc(N)c(C(=O)O)n2)cc1.COC(=O)c1nc(Br)cnc1N. The lowest BCUT2D eigenvalue weighted by atomic mass is 10.1. The van der Waals surface area contributed by atoms with Crippen molar-refractivity contribution in [3.8, 4) is 11.3 Å². The Morgan fingerprint density at radius 1 is 1.03 bits per heavy atom. The summed E-state index contributed by atoms with van der Waals surface area (Å²) in [5, 5.41) is 8.97. The number of aromatic nitrogens is 4. The Morgan fingerprint density at radius 2 is 1.65 bits per heavy atom. The number of esters is 1. The lowest BCUT2D eigenvalue weighted by Crippen LogP contribution is -2.09. The predicted molar refractivity (Wildman–Crippen MR) is 118 cm³/mol. The highest BCUT2D eigenvalue weighted by atomic mass is 79.9.